The van der Waals surface area contributed by atoms with E-state index in [0.717, 1.165) is 45.6 Å². The molecule has 0 unspecified atom stereocenters. The van der Waals surface area contributed by atoms with E-state index in [9.17, 15) is 4.79 Å². The van der Waals surface area contributed by atoms with Crippen LogP contribution in [0.3, 0.4) is 0 Å². The lowest BCUT2D eigenvalue weighted by molar-refractivity contribution is -0.143. The first kappa shape index (κ1) is 15.3. The van der Waals surface area contributed by atoms with Crippen molar-refractivity contribution < 1.29 is 14.3 Å². The van der Waals surface area contributed by atoms with E-state index in [4.69, 9.17) is 9.47 Å². The number of piperidine rings is 1. The van der Waals surface area contributed by atoms with Crippen LogP contribution in [0.1, 0.15) is 38.5 Å². The zero-order chi connectivity index (χ0) is 14.5. The van der Waals surface area contributed by atoms with Crippen LogP contribution in [0.25, 0.3) is 0 Å². The fourth-order valence-corrected chi connectivity index (χ4v) is 3.70. The van der Waals surface area contributed by atoms with Gasteiger partial charge >= 0.3 is 0 Å². The minimum Gasteiger partial charge on any atom is -0.378 e. The predicted octanol–water partition coefficient (Wildman–Crippen LogP) is 1.27. The average molecular weight is 296 g/mol. The quantitative estimate of drug-likeness (QED) is 0.786. The van der Waals surface area contributed by atoms with Crippen molar-refractivity contribution in [3.05, 3.63) is 0 Å². The highest BCUT2D eigenvalue weighted by molar-refractivity contribution is 5.82. The summed E-state index contributed by atoms with van der Waals surface area (Å²) in [6.07, 6.45) is 7.31. The molecule has 0 bridgehead atoms. The van der Waals surface area contributed by atoms with Gasteiger partial charge in [0.05, 0.1) is 25.4 Å². The molecule has 2 atom stereocenters. The first-order valence-electron chi connectivity index (χ1n) is 8.57. The maximum atomic E-state index is 12.8. The number of nitrogens with zero attached hydrogens (tertiary/aromatic N) is 2. The first-order valence-corrected chi connectivity index (χ1v) is 8.57. The Kier molecular flexibility index (Phi) is 5.49. The van der Waals surface area contributed by atoms with Crippen molar-refractivity contribution >= 4 is 5.91 Å². The van der Waals surface area contributed by atoms with E-state index < -0.39 is 0 Å². The van der Waals surface area contributed by atoms with Gasteiger partial charge in [0.15, 0.2) is 0 Å². The van der Waals surface area contributed by atoms with Crippen LogP contribution in [0.5, 0.6) is 0 Å². The molecular formula is C16H28N2O3. The number of rotatable bonds is 3. The zero-order valence-electron chi connectivity index (χ0n) is 13.0. The number of ether oxygens (including phenoxy) is 2. The highest BCUT2D eigenvalue weighted by atomic mass is 16.5. The van der Waals surface area contributed by atoms with Gasteiger partial charge in [-0.1, -0.05) is 6.42 Å². The Morgan fingerprint density at radius 3 is 2.52 bits per heavy atom. The normalized spacial score (nSPS) is 32.1. The molecule has 0 aromatic rings. The average Bonchev–Trinajstić information content (AvgIpc) is 2.56. The van der Waals surface area contributed by atoms with Crippen molar-refractivity contribution in [2.45, 2.75) is 50.7 Å². The highest BCUT2D eigenvalue weighted by Crippen LogP contribution is 2.22. The van der Waals surface area contributed by atoms with Gasteiger partial charge in [0.1, 0.15) is 0 Å². The van der Waals surface area contributed by atoms with Gasteiger partial charge in [0.2, 0.25) is 5.91 Å². The number of hydrogen-bond donors (Lipinski definition) is 0. The fraction of sp³-hybridized carbons (Fsp3) is 0.938. The summed E-state index contributed by atoms with van der Waals surface area (Å²) >= 11 is 0. The van der Waals surface area contributed by atoms with Crippen LogP contribution < -0.4 is 0 Å². The van der Waals surface area contributed by atoms with E-state index in [1.807, 2.05) is 4.90 Å². The van der Waals surface area contributed by atoms with Crippen LogP contribution in [-0.2, 0) is 14.3 Å². The van der Waals surface area contributed by atoms with E-state index in [0.29, 0.717) is 25.2 Å². The molecule has 21 heavy (non-hydrogen) atoms. The second kappa shape index (κ2) is 7.56. The third kappa shape index (κ3) is 3.96. The molecule has 3 aliphatic heterocycles. The summed E-state index contributed by atoms with van der Waals surface area (Å²) in [4.78, 5) is 17.2. The van der Waals surface area contributed by atoms with Crippen molar-refractivity contribution in [3.63, 3.8) is 0 Å². The Morgan fingerprint density at radius 2 is 1.76 bits per heavy atom. The summed E-state index contributed by atoms with van der Waals surface area (Å²) in [7, 11) is 0. The lowest BCUT2D eigenvalue weighted by atomic mass is 9.99. The smallest absolute Gasteiger partial charge is 0.240 e. The summed E-state index contributed by atoms with van der Waals surface area (Å²) < 4.78 is 11.2. The number of likely N-dealkylation sites (tertiary alicyclic amines) is 1. The van der Waals surface area contributed by atoms with Crippen LogP contribution >= 0.6 is 0 Å². The second-order valence-electron chi connectivity index (χ2n) is 6.43. The Morgan fingerprint density at radius 1 is 0.952 bits per heavy atom. The van der Waals surface area contributed by atoms with Gasteiger partial charge < -0.3 is 14.4 Å². The Bertz CT molecular complexity index is 338. The molecule has 0 aromatic carbocycles. The second-order valence-corrected chi connectivity index (χ2v) is 6.43. The summed E-state index contributed by atoms with van der Waals surface area (Å²) in [5, 5.41) is 0. The largest absolute Gasteiger partial charge is 0.378 e. The van der Waals surface area contributed by atoms with Crippen molar-refractivity contribution in [1.82, 2.24) is 9.80 Å². The van der Waals surface area contributed by atoms with E-state index in [2.05, 4.69) is 4.90 Å². The van der Waals surface area contributed by atoms with Gasteiger partial charge in [-0.15, -0.1) is 0 Å². The van der Waals surface area contributed by atoms with Gasteiger partial charge in [-0.25, -0.2) is 0 Å². The molecule has 0 N–H and O–H groups in total. The molecule has 5 heteroatoms. The number of hydrogen-bond acceptors (Lipinski definition) is 4. The van der Waals surface area contributed by atoms with Gasteiger partial charge in [-0.05, 0) is 38.6 Å². The Labute approximate surface area is 127 Å². The van der Waals surface area contributed by atoms with Crippen molar-refractivity contribution in [2.24, 2.45) is 0 Å². The molecular weight excluding hydrogens is 268 g/mol. The van der Waals surface area contributed by atoms with E-state index in [-0.39, 0.29) is 6.04 Å². The van der Waals surface area contributed by atoms with Crippen LogP contribution in [0, 0.1) is 0 Å². The van der Waals surface area contributed by atoms with Crippen LogP contribution in [0.15, 0.2) is 0 Å². The number of amides is 1. The Balaban J connectivity index is 1.58. The molecule has 0 aromatic heterocycles. The molecule has 0 spiro atoms. The molecule has 3 fully saturated rings. The van der Waals surface area contributed by atoms with Crippen LogP contribution in [0.4, 0.5) is 0 Å². The Hall–Kier alpha value is -0.650. The predicted molar refractivity (Wildman–Crippen MR) is 80.2 cm³/mol. The van der Waals surface area contributed by atoms with Crippen molar-refractivity contribution in [1.29, 1.82) is 0 Å². The summed E-state index contributed by atoms with van der Waals surface area (Å²) in [6.45, 7) is 5.74. The molecule has 1 amide bonds. The maximum Gasteiger partial charge on any atom is 0.240 e. The third-order valence-corrected chi connectivity index (χ3v) is 4.93. The topological polar surface area (TPSA) is 42.0 Å². The van der Waals surface area contributed by atoms with Gasteiger partial charge in [-0.2, -0.15) is 0 Å². The molecule has 3 rings (SSSR count). The monoisotopic (exact) mass is 296 g/mol. The van der Waals surface area contributed by atoms with E-state index in [1.165, 1.54) is 25.7 Å². The van der Waals surface area contributed by atoms with Crippen LogP contribution in [-0.4, -0.2) is 73.9 Å². The standard InChI is InChI=1S/C16H28N2O3/c19-16(17-8-11-20-12-9-17)15-6-1-3-7-18(15)13-14-5-2-4-10-21-14/h14-15H,1-13H2/t14-,15+/m1/s1. The molecule has 3 aliphatic rings. The molecule has 5 nitrogen and oxygen atoms in total. The van der Waals surface area contributed by atoms with Gasteiger partial charge in [-0.3, -0.25) is 9.69 Å². The molecule has 3 saturated heterocycles. The number of morpholine rings is 1. The SMILES string of the molecule is O=C([C@@H]1CCCCN1C[C@H]1CCCCO1)N1CCOCC1. The lowest BCUT2D eigenvalue weighted by Gasteiger charge is -2.40. The summed E-state index contributed by atoms with van der Waals surface area (Å²) in [5.74, 6) is 0.314. The summed E-state index contributed by atoms with van der Waals surface area (Å²) in [5.41, 5.74) is 0. The number of carbonyl (C=O) groups is 1. The first-order chi connectivity index (χ1) is 10.3. The minimum absolute atomic E-state index is 0.0716. The van der Waals surface area contributed by atoms with Crippen molar-refractivity contribution in [3.8, 4) is 0 Å². The van der Waals surface area contributed by atoms with E-state index >= 15 is 0 Å². The van der Waals surface area contributed by atoms with Gasteiger partial charge in [0, 0.05) is 26.2 Å². The molecule has 3 heterocycles. The third-order valence-electron chi connectivity index (χ3n) is 4.93. The van der Waals surface area contributed by atoms with Gasteiger partial charge in [0.25, 0.3) is 0 Å². The fourth-order valence-electron chi connectivity index (χ4n) is 3.70. The van der Waals surface area contributed by atoms with E-state index in [1.54, 1.807) is 0 Å². The molecule has 0 radical (unpaired) electrons. The lowest BCUT2D eigenvalue weighted by Crippen LogP contribution is -2.55. The molecule has 0 aliphatic carbocycles. The zero-order valence-corrected chi connectivity index (χ0v) is 13.0. The molecule has 120 valence electrons. The minimum atomic E-state index is 0.0716. The maximum absolute atomic E-state index is 12.8. The highest BCUT2D eigenvalue weighted by Gasteiger charge is 2.34. The molecule has 0 saturated carbocycles. The summed E-state index contributed by atoms with van der Waals surface area (Å²) in [6, 6.07) is 0.0716. The van der Waals surface area contributed by atoms with Crippen molar-refractivity contribution in [2.75, 3.05) is 46.0 Å². The van der Waals surface area contributed by atoms with Crippen LogP contribution in [0.2, 0.25) is 0 Å². The number of carbonyl (C=O) groups excluding carboxylic acids is 1.